The van der Waals surface area contributed by atoms with Crippen molar-refractivity contribution in [2.75, 3.05) is 20.1 Å². The van der Waals surface area contributed by atoms with Crippen LogP contribution < -0.4 is 5.32 Å². The van der Waals surface area contributed by atoms with Crippen molar-refractivity contribution in [1.82, 2.24) is 10.2 Å². The lowest BCUT2D eigenvalue weighted by Gasteiger charge is -2.32. The second-order valence-corrected chi connectivity index (χ2v) is 5.55. The molecule has 1 N–H and O–H groups in total. The van der Waals surface area contributed by atoms with E-state index in [4.69, 9.17) is 0 Å². The minimum atomic E-state index is -0.366. The van der Waals surface area contributed by atoms with Gasteiger partial charge in [-0.05, 0) is 64.5 Å². The molecule has 1 aliphatic heterocycles. The van der Waals surface area contributed by atoms with E-state index in [1.54, 1.807) is 0 Å². The normalized spacial score (nSPS) is 24.3. The third kappa shape index (κ3) is 2.95. The van der Waals surface area contributed by atoms with E-state index in [9.17, 15) is 8.78 Å². The van der Waals surface area contributed by atoms with Crippen molar-refractivity contribution in [2.45, 2.75) is 32.4 Å². The number of hydrogen-bond acceptors (Lipinski definition) is 2. The quantitative estimate of drug-likeness (QED) is 0.903. The molecule has 19 heavy (non-hydrogen) atoms. The molecule has 2 rings (SSSR count). The molecule has 1 aliphatic rings. The summed E-state index contributed by atoms with van der Waals surface area (Å²) < 4.78 is 27.5. The van der Waals surface area contributed by atoms with Crippen molar-refractivity contribution in [3.05, 3.63) is 35.4 Å². The Balaban J connectivity index is 2.37. The fourth-order valence-corrected chi connectivity index (χ4v) is 3.11. The van der Waals surface area contributed by atoms with Gasteiger partial charge in [0.05, 0.1) is 0 Å². The number of likely N-dealkylation sites (tertiary alicyclic amines) is 1. The van der Waals surface area contributed by atoms with E-state index in [-0.39, 0.29) is 17.7 Å². The Morgan fingerprint density at radius 3 is 2.74 bits per heavy atom. The highest BCUT2D eigenvalue weighted by molar-refractivity contribution is 5.24. The van der Waals surface area contributed by atoms with Crippen molar-refractivity contribution in [2.24, 2.45) is 5.92 Å². The lowest BCUT2D eigenvalue weighted by Crippen LogP contribution is -2.34. The summed E-state index contributed by atoms with van der Waals surface area (Å²) in [5, 5.41) is 3.16. The van der Waals surface area contributed by atoms with Gasteiger partial charge in [-0.15, -0.1) is 0 Å². The summed E-state index contributed by atoms with van der Waals surface area (Å²) in [5.41, 5.74) is 0.492. The zero-order valence-corrected chi connectivity index (χ0v) is 11.8. The van der Waals surface area contributed by atoms with Crippen LogP contribution in [0.4, 0.5) is 8.78 Å². The van der Waals surface area contributed by atoms with Crippen LogP contribution in [-0.2, 0) is 0 Å². The summed E-state index contributed by atoms with van der Waals surface area (Å²) in [4.78, 5) is 2.26. The fourth-order valence-electron chi connectivity index (χ4n) is 3.11. The maximum atomic E-state index is 14.1. The van der Waals surface area contributed by atoms with Crippen molar-refractivity contribution in [1.29, 1.82) is 0 Å². The van der Waals surface area contributed by atoms with Crippen LogP contribution in [0.15, 0.2) is 18.2 Å². The Bertz CT molecular complexity index is 434. The molecule has 1 saturated heterocycles. The first kappa shape index (κ1) is 14.4. The molecule has 1 aromatic carbocycles. The van der Waals surface area contributed by atoms with Gasteiger partial charge >= 0.3 is 0 Å². The lowest BCUT2D eigenvalue weighted by molar-refractivity contribution is 0.178. The molecule has 0 spiro atoms. The van der Waals surface area contributed by atoms with Gasteiger partial charge in [0.1, 0.15) is 11.6 Å². The minimum absolute atomic E-state index is 0.0388. The standard InChI is InChI=1S/C15H22F2N2/c1-10(2)19-7-6-11(9-18-3)15(19)13-8-12(16)4-5-14(13)17/h4-5,8,10-11,15,18H,6-7,9H2,1-3H3. The number of nitrogens with one attached hydrogen (secondary N) is 1. The van der Waals surface area contributed by atoms with Crippen molar-refractivity contribution < 1.29 is 8.78 Å². The molecular formula is C15H22F2N2. The van der Waals surface area contributed by atoms with Gasteiger partial charge in [0.25, 0.3) is 0 Å². The molecule has 0 saturated carbocycles. The molecule has 2 nitrogen and oxygen atoms in total. The van der Waals surface area contributed by atoms with Gasteiger partial charge in [-0.1, -0.05) is 0 Å². The Morgan fingerprint density at radius 1 is 1.37 bits per heavy atom. The molecule has 0 bridgehead atoms. The van der Waals surface area contributed by atoms with Gasteiger partial charge in [0.2, 0.25) is 0 Å². The summed E-state index contributed by atoms with van der Waals surface area (Å²) in [6.07, 6.45) is 1.01. The van der Waals surface area contributed by atoms with E-state index >= 15 is 0 Å². The van der Waals surface area contributed by atoms with E-state index in [1.807, 2.05) is 7.05 Å². The van der Waals surface area contributed by atoms with Crippen LogP contribution in [-0.4, -0.2) is 31.1 Å². The highest BCUT2D eigenvalue weighted by Gasteiger charge is 2.37. The molecule has 0 aliphatic carbocycles. The highest BCUT2D eigenvalue weighted by Crippen LogP contribution is 2.39. The highest BCUT2D eigenvalue weighted by atomic mass is 19.1. The van der Waals surface area contributed by atoms with Gasteiger partial charge < -0.3 is 5.32 Å². The van der Waals surface area contributed by atoms with Crippen LogP contribution in [0.5, 0.6) is 0 Å². The first-order valence-corrected chi connectivity index (χ1v) is 6.90. The number of halogens is 2. The molecular weight excluding hydrogens is 246 g/mol. The maximum absolute atomic E-state index is 14.1. The number of hydrogen-bond donors (Lipinski definition) is 1. The number of rotatable bonds is 4. The zero-order valence-electron chi connectivity index (χ0n) is 11.8. The molecule has 0 amide bonds. The van der Waals surface area contributed by atoms with Crippen LogP contribution in [0.2, 0.25) is 0 Å². The van der Waals surface area contributed by atoms with Crippen LogP contribution >= 0.6 is 0 Å². The molecule has 0 radical (unpaired) electrons. The summed E-state index contributed by atoms with van der Waals surface area (Å²) in [6, 6.07) is 4.06. The Hall–Kier alpha value is -1.00. The monoisotopic (exact) mass is 268 g/mol. The average molecular weight is 268 g/mol. The average Bonchev–Trinajstić information content (AvgIpc) is 2.76. The Kier molecular flexibility index (Phi) is 4.53. The molecule has 0 aromatic heterocycles. The number of nitrogens with zero attached hydrogens (tertiary/aromatic N) is 1. The molecule has 4 heteroatoms. The van der Waals surface area contributed by atoms with E-state index in [2.05, 4.69) is 24.1 Å². The van der Waals surface area contributed by atoms with E-state index < -0.39 is 0 Å². The molecule has 1 heterocycles. The van der Waals surface area contributed by atoms with E-state index in [0.29, 0.717) is 17.5 Å². The number of benzene rings is 1. The maximum Gasteiger partial charge on any atom is 0.128 e. The van der Waals surface area contributed by atoms with Crippen molar-refractivity contribution in [3.63, 3.8) is 0 Å². The molecule has 2 unspecified atom stereocenters. The van der Waals surface area contributed by atoms with Gasteiger partial charge in [-0.3, -0.25) is 4.90 Å². The van der Waals surface area contributed by atoms with Crippen molar-refractivity contribution >= 4 is 0 Å². The smallest absolute Gasteiger partial charge is 0.128 e. The van der Waals surface area contributed by atoms with Gasteiger partial charge in [0.15, 0.2) is 0 Å². The Labute approximate surface area is 113 Å². The topological polar surface area (TPSA) is 15.3 Å². The molecule has 1 aromatic rings. The van der Waals surface area contributed by atoms with Gasteiger partial charge in [-0.2, -0.15) is 0 Å². The molecule has 2 atom stereocenters. The van der Waals surface area contributed by atoms with Crippen molar-refractivity contribution in [3.8, 4) is 0 Å². The van der Waals surface area contributed by atoms with Crippen LogP contribution in [0.3, 0.4) is 0 Å². The van der Waals surface area contributed by atoms with Gasteiger partial charge in [-0.25, -0.2) is 8.78 Å². The predicted molar refractivity (Wildman–Crippen MR) is 73.0 cm³/mol. The second kappa shape index (κ2) is 5.97. The summed E-state index contributed by atoms with van der Waals surface area (Å²) in [6.45, 7) is 5.96. The summed E-state index contributed by atoms with van der Waals surface area (Å²) in [7, 11) is 1.90. The minimum Gasteiger partial charge on any atom is -0.319 e. The molecule has 106 valence electrons. The SMILES string of the molecule is CNCC1CCN(C(C)C)C1c1cc(F)ccc1F. The Morgan fingerprint density at radius 2 is 2.11 bits per heavy atom. The third-order valence-corrected chi connectivity index (χ3v) is 3.97. The third-order valence-electron chi connectivity index (χ3n) is 3.97. The van der Waals surface area contributed by atoms with Gasteiger partial charge in [0, 0.05) is 17.6 Å². The first-order valence-electron chi connectivity index (χ1n) is 6.90. The predicted octanol–water partition coefficient (Wildman–Crippen LogP) is 2.96. The second-order valence-electron chi connectivity index (χ2n) is 5.55. The summed E-state index contributed by atoms with van der Waals surface area (Å²) in [5.74, 6) is -0.348. The first-order chi connectivity index (χ1) is 9.04. The van der Waals surface area contributed by atoms with Crippen LogP contribution in [0.1, 0.15) is 31.9 Å². The zero-order chi connectivity index (χ0) is 14.0. The van der Waals surface area contributed by atoms with E-state index in [0.717, 1.165) is 19.5 Å². The van der Waals surface area contributed by atoms with Crippen LogP contribution in [0, 0.1) is 17.6 Å². The van der Waals surface area contributed by atoms with E-state index in [1.165, 1.54) is 18.2 Å². The lowest BCUT2D eigenvalue weighted by atomic mass is 9.92. The summed E-state index contributed by atoms with van der Waals surface area (Å²) >= 11 is 0. The molecule has 1 fully saturated rings. The van der Waals surface area contributed by atoms with Crippen LogP contribution in [0.25, 0.3) is 0 Å². The largest absolute Gasteiger partial charge is 0.319 e. The fraction of sp³-hybridized carbons (Fsp3) is 0.600.